The maximum absolute atomic E-state index is 13.4. The molecular formula is C21H14N2O5S. The fourth-order valence-corrected chi connectivity index (χ4v) is 4.74. The summed E-state index contributed by atoms with van der Waals surface area (Å²) in [5, 5.41) is 11.9. The van der Waals surface area contributed by atoms with Gasteiger partial charge in [-0.15, -0.1) is 0 Å². The average molecular weight is 406 g/mol. The number of rotatable bonds is 5. The zero-order chi connectivity index (χ0) is 20.6. The molecular weight excluding hydrogens is 392 g/mol. The van der Waals surface area contributed by atoms with E-state index < -0.39 is 20.7 Å². The fourth-order valence-electron chi connectivity index (χ4n) is 3.21. The van der Waals surface area contributed by atoms with Crippen LogP contribution in [0.3, 0.4) is 0 Å². The summed E-state index contributed by atoms with van der Waals surface area (Å²) in [7, 11) is -4.11. The zero-order valence-electron chi connectivity index (χ0n) is 14.9. The lowest BCUT2D eigenvalue weighted by Gasteiger charge is -2.11. The monoisotopic (exact) mass is 406 g/mol. The fraction of sp³-hybridized carbons (Fsp3) is 0. The van der Waals surface area contributed by atoms with E-state index in [4.69, 9.17) is 0 Å². The van der Waals surface area contributed by atoms with Crippen molar-refractivity contribution in [3.05, 3.63) is 106 Å². The molecule has 0 radical (unpaired) electrons. The van der Waals surface area contributed by atoms with Gasteiger partial charge in [-0.05, 0) is 30.3 Å². The van der Waals surface area contributed by atoms with E-state index in [1.54, 1.807) is 42.5 Å². The average Bonchev–Trinajstić information content (AvgIpc) is 3.14. The first kappa shape index (κ1) is 18.6. The highest BCUT2D eigenvalue weighted by Gasteiger charge is 2.29. The Balaban J connectivity index is 2.02. The molecule has 0 N–H and O–H groups in total. The third-order valence-corrected chi connectivity index (χ3v) is 6.27. The summed E-state index contributed by atoms with van der Waals surface area (Å²) in [6, 6.07) is 21.3. The number of benzene rings is 3. The third-order valence-electron chi connectivity index (χ3n) is 4.53. The van der Waals surface area contributed by atoms with Gasteiger partial charge < -0.3 is 0 Å². The number of carbonyl (C=O) groups is 1. The molecule has 0 spiro atoms. The Morgan fingerprint density at radius 1 is 0.862 bits per heavy atom. The normalized spacial score (nSPS) is 11.4. The first-order chi connectivity index (χ1) is 13.9. The molecule has 0 aliphatic rings. The van der Waals surface area contributed by atoms with E-state index >= 15 is 0 Å². The summed E-state index contributed by atoms with van der Waals surface area (Å²) < 4.78 is 27.7. The Kier molecular flexibility index (Phi) is 4.48. The number of para-hydroxylation sites is 2. The molecule has 0 saturated carbocycles. The van der Waals surface area contributed by atoms with Gasteiger partial charge in [-0.25, -0.2) is 12.4 Å². The van der Waals surface area contributed by atoms with Crippen molar-refractivity contribution in [3.8, 4) is 0 Å². The summed E-state index contributed by atoms with van der Waals surface area (Å²) in [5.41, 5.74) is -0.404. The number of hydrogen-bond donors (Lipinski definition) is 0. The summed E-state index contributed by atoms with van der Waals surface area (Å²) >= 11 is 0. The molecule has 1 aromatic heterocycles. The third kappa shape index (κ3) is 3.09. The van der Waals surface area contributed by atoms with E-state index in [0.717, 1.165) is 3.97 Å². The van der Waals surface area contributed by atoms with Crippen LogP contribution in [0.2, 0.25) is 0 Å². The highest BCUT2D eigenvalue weighted by molar-refractivity contribution is 7.90. The van der Waals surface area contributed by atoms with Crippen LogP contribution in [0, 0.1) is 10.1 Å². The molecule has 0 bridgehead atoms. The molecule has 0 unspecified atom stereocenters. The number of nitro benzene ring substituents is 1. The van der Waals surface area contributed by atoms with Gasteiger partial charge >= 0.3 is 0 Å². The minimum atomic E-state index is -4.11. The van der Waals surface area contributed by atoms with Gasteiger partial charge in [0.05, 0.1) is 15.3 Å². The van der Waals surface area contributed by atoms with Gasteiger partial charge in [0.25, 0.3) is 15.7 Å². The number of fused-ring (bicyclic) bond motifs is 1. The molecule has 0 aliphatic carbocycles. The topological polar surface area (TPSA) is 99.3 Å². The van der Waals surface area contributed by atoms with Crippen LogP contribution in [0.25, 0.3) is 10.9 Å². The molecule has 0 atom stereocenters. The van der Waals surface area contributed by atoms with Crippen LogP contribution in [0.4, 0.5) is 5.69 Å². The minimum absolute atomic E-state index is 0.0120. The molecule has 4 aromatic rings. The summed E-state index contributed by atoms with van der Waals surface area (Å²) in [6.45, 7) is 0. The second-order valence-corrected chi connectivity index (χ2v) is 8.06. The first-order valence-electron chi connectivity index (χ1n) is 8.60. The SMILES string of the molecule is O=C(c1ccccc1[N+](=O)[O-])c1cc2ccccc2n1S(=O)(=O)c1ccccc1. The van der Waals surface area contributed by atoms with Crippen LogP contribution in [0.15, 0.2) is 89.8 Å². The molecule has 4 rings (SSSR count). The highest BCUT2D eigenvalue weighted by atomic mass is 32.2. The van der Waals surface area contributed by atoms with Crippen molar-refractivity contribution in [1.82, 2.24) is 3.97 Å². The Morgan fingerprint density at radius 2 is 1.48 bits per heavy atom. The first-order valence-corrected chi connectivity index (χ1v) is 10.0. The van der Waals surface area contributed by atoms with E-state index in [-0.39, 0.29) is 21.8 Å². The van der Waals surface area contributed by atoms with Gasteiger partial charge in [-0.2, -0.15) is 0 Å². The van der Waals surface area contributed by atoms with Crippen molar-refractivity contribution >= 4 is 32.4 Å². The van der Waals surface area contributed by atoms with Crippen LogP contribution in [0.5, 0.6) is 0 Å². The highest BCUT2D eigenvalue weighted by Crippen LogP contribution is 2.29. The van der Waals surface area contributed by atoms with E-state index in [1.165, 1.54) is 42.5 Å². The second-order valence-electron chi connectivity index (χ2n) is 6.27. The largest absolute Gasteiger partial charge is 0.287 e. The molecule has 0 fully saturated rings. The van der Waals surface area contributed by atoms with Crippen molar-refractivity contribution in [3.63, 3.8) is 0 Å². The molecule has 29 heavy (non-hydrogen) atoms. The van der Waals surface area contributed by atoms with Gasteiger partial charge in [-0.3, -0.25) is 14.9 Å². The zero-order valence-corrected chi connectivity index (χ0v) is 15.7. The van der Waals surface area contributed by atoms with Crippen molar-refractivity contribution in [2.45, 2.75) is 4.90 Å². The van der Waals surface area contributed by atoms with Crippen LogP contribution < -0.4 is 0 Å². The standard InChI is InChI=1S/C21H14N2O5S/c24-21(17-11-5-7-13-19(17)23(25)26)20-14-15-8-4-6-12-18(15)22(20)29(27,28)16-9-2-1-3-10-16/h1-14H. The Labute approximate surface area is 166 Å². The van der Waals surface area contributed by atoms with E-state index in [2.05, 4.69) is 0 Å². The van der Waals surface area contributed by atoms with Gasteiger partial charge in [-0.1, -0.05) is 48.5 Å². The van der Waals surface area contributed by atoms with Gasteiger partial charge in [0.2, 0.25) is 5.78 Å². The number of carbonyl (C=O) groups excluding carboxylic acids is 1. The Bertz CT molecular complexity index is 1360. The lowest BCUT2D eigenvalue weighted by atomic mass is 10.1. The smallest absolute Gasteiger partial charge is 0.280 e. The molecule has 7 nitrogen and oxygen atoms in total. The predicted molar refractivity (Wildman–Crippen MR) is 107 cm³/mol. The molecule has 3 aromatic carbocycles. The van der Waals surface area contributed by atoms with E-state index in [0.29, 0.717) is 10.9 Å². The van der Waals surface area contributed by atoms with Gasteiger partial charge in [0, 0.05) is 11.5 Å². The maximum atomic E-state index is 13.4. The van der Waals surface area contributed by atoms with Crippen LogP contribution in [-0.2, 0) is 10.0 Å². The number of hydrogen-bond acceptors (Lipinski definition) is 5. The number of nitro groups is 1. The molecule has 0 saturated heterocycles. The molecule has 0 amide bonds. The number of aromatic nitrogens is 1. The van der Waals surface area contributed by atoms with Crippen molar-refractivity contribution in [1.29, 1.82) is 0 Å². The summed E-state index contributed by atoms with van der Waals surface area (Å²) in [6.07, 6.45) is 0. The molecule has 0 aliphatic heterocycles. The van der Waals surface area contributed by atoms with Gasteiger partial charge in [0.1, 0.15) is 11.3 Å². The van der Waals surface area contributed by atoms with E-state index in [1.807, 2.05) is 0 Å². The number of nitrogens with zero attached hydrogens (tertiary/aromatic N) is 2. The van der Waals surface area contributed by atoms with Gasteiger partial charge in [0.15, 0.2) is 0 Å². The van der Waals surface area contributed by atoms with Crippen molar-refractivity contribution in [2.24, 2.45) is 0 Å². The molecule has 144 valence electrons. The summed E-state index contributed by atoms with van der Waals surface area (Å²) in [4.78, 5) is 24.0. The van der Waals surface area contributed by atoms with Crippen LogP contribution in [0.1, 0.15) is 16.1 Å². The minimum Gasteiger partial charge on any atom is -0.287 e. The quantitative estimate of drug-likeness (QED) is 0.283. The molecule has 8 heteroatoms. The van der Waals surface area contributed by atoms with Crippen molar-refractivity contribution in [2.75, 3.05) is 0 Å². The Hall–Kier alpha value is -3.78. The molecule has 1 heterocycles. The second kappa shape index (κ2) is 6.99. The van der Waals surface area contributed by atoms with Crippen molar-refractivity contribution < 1.29 is 18.1 Å². The van der Waals surface area contributed by atoms with Crippen LogP contribution >= 0.6 is 0 Å². The summed E-state index contributed by atoms with van der Waals surface area (Å²) in [5.74, 6) is -0.743. The Morgan fingerprint density at radius 3 is 2.21 bits per heavy atom. The van der Waals surface area contributed by atoms with Crippen LogP contribution in [-0.4, -0.2) is 23.1 Å². The lowest BCUT2D eigenvalue weighted by molar-refractivity contribution is -0.385. The lowest BCUT2D eigenvalue weighted by Crippen LogP contribution is -2.19. The maximum Gasteiger partial charge on any atom is 0.280 e. The predicted octanol–water partition coefficient (Wildman–Crippen LogP) is 4.02. The van der Waals surface area contributed by atoms with E-state index in [9.17, 15) is 23.3 Å². The number of ketones is 1.